The van der Waals surface area contributed by atoms with Gasteiger partial charge in [-0.15, -0.1) is 0 Å². The maximum Gasteiger partial charge on any atom is 0.338 e. The van der Waals surface area contributed by atoms with Gasteiger partial charge in [-0.05, 0) is 62.4 Å². The second kappa shape index (κ2) is 9.80. The van der Waals surface area contributed by atoms with Crippen molar-refractivity contribution in [2.45, 2.75) is 19.9 Å². The maximum absolute atomic E-state index is 12.3. The number of esters is 1. The number of aryl methyl sites for hydroxylation is 1. The molecule has 1 N–H and O–H groups in total. The van der Waals surface area contributed by atoms with Crippen LogP contribution in [0.3, 0.4) is 0 Å². The number of hydrogen-bond donors (Lipinski definition) is 1. The molecular weight excluding hydrogens is 398 g/mol. The Hall–Kier alpha value is -3.81. The van der Waals surface area contributed by atoms with Crippen LogP contribution in [-0.4, -0.2) is 42.5 Å². The number of carbonyl (C=O) groups excluding carboxylic acids is 2. The topological polar surface area (TPSA) is 91.7 Å². The van der Waals surface area contributed by atoms with Crippen molar-refractivity contribution in [3.8, 4) is 17.2 Å². The lowest BCUT2D eigenvalue weighted by Gasteiger charge is -2.18. The van der Waals surface area contributed by atoms with Gasteiger partial charge in [0.2, 0.25) is 0 Å². The molecule has 0 aliphatic rings. The average Bonchev–Trinajstić information content (AvgIpc) is 3.22. The Morgan fingerprint density at radius 1 is 1.06 bits per heavy atom. The average molecular weight is 423 g/mol. The van der Waals surface area contributed by atoms with E-state index >= 15 is 0 Å². The number of nitrogens with one attached hydrogen (secondary N) is 1. The van der Waals surface area contributed by atoms with E-state index in [0.29, 0.717) is 17.1 Å². The molecule has 162 valence electrons. The largest absolute Gasteiger partial charge is 0.497 e. The fourth-order valence-corrected chi connectivity index (χ4v) is 3.13. The van der Waals surface area contributed by atoms with E-state index in [1.807, 2.05) is 19.9 Å². The van der Waals surface area contributed by atoms with E-state index in [4.69, 9.17) is 14.2 Å². The van der Waals surface area contributed by atoms with Crippen LogP contribution in [0, 0.1) is 6.92 Å². The number of benzene rings is 2. The highest BCUT2D eigenvalue weighted by Gasteiger charge is 2.17. The van der Waals surface area contributed by atoms with Gasteiger partial charge in [-0.2, -0.15) is 5.10 Å². The molecule has 3 aromatic rings. The lowest BCUT2D eigenvalue weighted by atomic mass is 10.1. The highest BCUT2D eigenvalue weighted by molar-refractivity contribution is 5.91. The first-order valence-electron chi connectivity index (χ1n) is 9.72. The van der Waals surface area contributed by atoms with Crippen molar-refractivity contribution in [3.63, 3.8) is 0 Å². The van der Waals surface area contributed by atoms with Crippen LogP contribution in [0.5, 0.6) is 11.5 Å². The van der Waals surface area contributed by atoms with Gasteiger partial charge in [0.15, 0.2) is 6.61 Å². The van der Waals surface area contributed by atoms with Gasteiger partial charge in [0, 0.05) is 17.5 Å². The Morgan fingerprint density at radius 2 is 1.81 bits per heavy atom. The van der Waals surface area contributed by atoms with Gasteiger partial charge < -0.3 is 19.5 Å². The molecule has 0 saturated carbocycles. The number of carbonyl (C=O) groups is 2. The fourth-order valence-electron chi connectivity index (χ4n) is 3.13. The summed E-state index contributed by atoms with van der Waals surface area (Å²) in [5, 5.41) is 7.03. The molecule has 8 nitrogen and oxygen atoms in total. The van der Waals surface area contributed by atoms with Gasteiger partial charge >= 0.3 is 5.97 Å². The summed E-state index contributed by atoms with van der Waals surface area (Å²) in [6, 6.07) is 13.7. The number of nitrogens with zero attached hydrogens (tertiary/aromatic N) is 2. The SMILES string of the molecule is COc1ccc(OC)c([C@H](C)NC(=O)COC(=O)c2ccc(-n3nccc3C)cc2)c1. The van der Waals surface area contributed by atoms with Crippen molar-refractivity contribution >= 4 is 11.9 Å². The van der Waals surface area contributed by atoms with E-state index in [1.54, 1.807) is 67.6 Å². The van der Waals surface area contributed by atoms with E-state index in [0.717, 1.165) is 16.9 Å². The Bertz CT molecular complexity index is 1060. The van der Waals surface area contributed by atoms with Crippen LogP contribution < -0.4 is 14.8 Å². The summed E-state index contributed by atoms with van der Waals surface area (Å²) in [5.41, 5.74) is 2.92. The summed E-state index contributed by atoms with van der Waals surface area (Å²) >= 11 is 0. The van der Waals surface area contributed by atoms with Crippen molar-refractivity contribution in [3.05, 3.63) is 71.5 Å². The number of amides is 1. The molecule has 0 fully saturated rings. The van der Waals surface area contributed by atoms with Crippen LogP contribution in [0.2, 0.25) is 0 Å². The Morgan fingerprint density at radius 3 is 2.42 bits per heavy atom. The van der Waals surface area contributed by atoms with Crippen molar-refractivity contribution in [2.24, 2.45) is 0 Å². The van der Waals surface area contributed by atoms with Gasteiger partial charge in [-0.1, -0.05) is 0 Å². The van der Waals surface area contributed by atoms with E-state index in [2.05, 4.69) is 10.4 Å². The van der Waals surface area contributed by atoms with Crippen LogP contribution in [0.25, 0.3) is 5.69 Å². The van der Waals surface area contributed by atoms with Gasteiger partial charge in [0.1, 0.15) is 11.5 Å². The number of aromatic nitrogens is 2. The molecular formula is C23H25N3O5. The summed E-state index contributed by atoms with van der Waals surface area (Å²) in [4.78, 5) is 24.6. The third kappa shape index (κ3) is 5.22. The van der Waals surface area contributed by atoms with E-state index in [1.165, 1.54) is 0 Å². The first kappa shape index (κ1) is 21.9. The van der Waals surface area contributed by atoms with Gasteiger partial charge in [0.25, 0.3) is 5.91 Å². The predicted octanol–water partition coefficient (Wildman–Crippen LogP) is 3.23. The van der Waals surface area contributed by atoms with Crippen molar-refractivity contribution in [1.82, 2.24) is 15.1 Å². The second-order valence-corrected chi connectivity index (χ2v) is 6.90. The van der Waals surface area contributed by atoms with E-state index in [9.17, 15) is 9.59 Å². The van der Waals surface area contributed by atoms with Crippen LogP contribution in [0.15, 0.2) is 54.7 Å². The molecule has 1 aromatic heterocycles. The third-order valence-corrected chi connectivity index (χ3v) is 4.79. The molecule has 0 aliphatic heterocycles. The molecule has 1 atom stereocenters. The number of ether oxygens (including phenoxy) is 3. The minimum Gasteiger partial charge on any atom is -0.497 e. The molecule has 8 heteroatoms. The molecule has 0 spiro atoms. The molecule has 0 aliphatic carbocycles. The Kier molecular flexibility index (Phi) is 6.92. The smallest absolute Gasteiger partial charge is 0.338 e. The van der Waals surface area contributed by atoms with Crippen LogP contribution in [0.4, 0.5) is 0 Å². The molecule has 0 unspecified atom stereocenters. The van der Waals surface area contributed by atoms with Crippen molar-refractivity contribution in [2.75, 3.05) is 20.8 Å². The molecule has 0 saturated heterocycles. The molecule has 0 radical (unpaired) electrons. The molecule has 0 bridgehead atoms. The minimum absolute atomic E-state index is 0.351. The first-order valence-corrected chi connectivity index (χ1v) is 9.72. The van der Waals surface area contributed by atoms with E-state index in [-0.39, 0.29) is 6.04 Å². The maximum atomic E-state index is 12.3. The molecule has 3 rings (SSSR count). The highest BCUT2D eigenvalue weighted by atomic mass is 16.5. The van der Waals surface area contributed by atoms with Crippen molar-refractivity contribution in [1.29, 1.82) is 0 Å². The lowest BCUT2D eigenvalue weighted by molar-refractivity contribution is -0.124. The van der Waals surface area contributed by atoms with E-state index < -0.39 is 18.5 Å². The Balaban J connectivity index is 1.57. The highest BCUT2D eigenvalue weighted by Crippen LogP contribution is 2.29. The molecule has 1 amide bonds. The van der Waals surface area contributed by atoms with Gasteiger partial charge in [0.05, 0.1) is 31.5 Å². The zero-order valence-electron chi connectivity index (χ0n) is 17.9. The number of methoxy groups -OCH3 is 2. The zero-order chi connectivity index (χ0) is 22.4. The monoisotopic (exact) mass is 423 g/mol. The summed E-state index contributed by atoms with van der Waals surface area (Å²) in [7, 11) is 3.12. The lowest BCUT2D eigenvalue weighted by Crippen LogP contribution is -2.31. The van der Waals surface area contributed by atoms with Gasteiger partial charge in [-0.3, -0.25) is 4.79 Å². The quantitative estimate of drug-likeness (QED) is 0.560. The minimum atomic E-state index is -0.578. The molecule has 1 heterocycles. The van der Waals surface area contributed by atoms with Crippen LogP contribution in [0.1, 0.15) is 34.6 Å². The number of hydrogen-bond acceptors (Lipinski definition) is 6. The van der Waals surface area contributed by atoms with Crippen LogP contribution >= 0.6 is 0 Å². The summed E-state index contributed by atoms with van der Waals surface area (Å²) in [5.74, 6) is 0.273. The Labute approximate surface area is 180 Å². The summed E-state index contributed by atoms with van der Waals surface area (Å²) < 4.78 is 17.5. The molecule has 31 heavy (non-hydrogen) atoms. The fraction of sp³-hybridized carbons (Fsp3) is 0.261. The number of rotatable bonds is 8. The summed E-state index contributed by atoms with van der Waals surface area (Å²) in [6.45, 7) is 3.36. The second-order valence-electron chi connectivity index (χ2n) is 6.90. The molecule has 2 aromatic carbocycles. The zero-order valence-corrected chi connectivity index (χ0v) is 17.9. The third-order valence-electron chi connectivity index (χ3n) is 4.79. The normalized spacial score (nSPS) is 11.5. The van der Waals surface area contributed by atoms with Crippen molar-refractivity contribution < 1.29 is 23.8 Å². The van der Waals surface area contributed by atoms with Crippen LogP contribution in [-0.2, 0) is 9.53 Å². The first-order chi connectivity index (χ1) is 14.9. The van der Waals surface area contributed by atoms with Gasteiger partial charge in [-0.25, -0.2) is 9.48 Å². The standard InChI is InChI=1S/C23H25N3O5/c1-15-11-12-24-26(15)18-7-5-17(6-8-18)23(28)31-14-22(27)25-16(2)20-13-19(29-3)9-10-21(20)30-4/h5-13,16H,14H2,1-4H3,(H,25,27)/t16-/m0/s1. The summed E-state index contributed by atoms with van der Waals surface area (Å²) in [6.07, 6.45) is 1.71. The predicted molar refractivity (Wildman–Crippen MR) is 115 cm³/mol.